The molecule has 16 heavy (non-hydrogen) atoms. The fourth-order valence-electron chi connectivity index (χ4n) is 1.58. The Morgan fingerprint density at radius 2 is 2.12 bits per heavy atom. The lowest BCUT2D eigenvalue weighted by Gasteiger charge is -2.26. The first-order valence-electron chi connectivity index (χ1n) is 5.43. The van der Waals surface area contributed by atoms with Crippen molar-refractivity contribution in [1.82, 2.24) is 4.90 Å². The molecule has 0 amide bonds. The van der Waals surface area contributed by atoms with Crippen LogP contribution >= 0.6 is 15.9 Å². The zero-order chi connectivity index (χ0) is 12.1. The molecule has 0 aliphatic rings. The van der Waals surface area contributed by atoms with Crippen molar-refractivity contribution in [2.75, 3.05) is 13.1 Å². The van der Waals surface area contributed by atoms with Crippen molar-refractivity contribution < 1.29 is 4.39 Å². The fraction of sp³-hybridized carbons (Fsp3) is 0.500. The molecule has 0 aliphatic heterocycles. The largest absolute Gasteiger partial charge is 0.329 e. The molecule has 0 radical (unpaired) electrons. The summed E-state index contributed by atoms with van der Waals surface area (Å²) in [6, 6.07) is 5.52. The summed E-state index contributed by atoms with van der Waals surface area (Å²) in [5, 5.41) is 0. The van der Waals surface area contributed by atoms with Crippen LogP contribution in [-0.2, 0) is 6.54 Å². The van der Waals surface area contributed by atoms with Gasteiger partial charge in [-0.3, -0.25) is 4.90 Å². The first-order valence-corrected chi connectivity index (χ1v) is 6.22. The molecular formula is C12H18BrFN2. The molecule has 0 aromatic heterocycles. The molecule has 2 N–H and O–H groups in total. The predicted octanol–water partition coefficient (Wildman–Crippen LogP) is 2.76. The monoisotopic (exact) mass is 288 g/mol. The lowest BCUT2D eigenvalue weighted by Crippen LogP contribution is -2.34. The van der Waals surface area contributed by atoms with E-state index in [-0.39, 0.29) is 5.82 Å². The maximum atomic E-state index is 13.3. The Labute approximate surface area is 105 Å². The van der Waals surface area contributed by atoms with Crippen LogP contribution in [0.25, 0.3) is 0 Å². The topological polar surface area (TPSA) is 29.3 Å². The third-order valence-electron chi connectivity index (χ3n) is 2.55. The van der Waals surface area contributed by atoms with Crippen LogP contribution in [0.15, 0.2) is 22.7 Å². The smallest absolute Gasteiger partial charge is 0.137 e. The lowest BCUT2D eigenvalue weighted by atomic mass is 10.2. The van der Waals surface area contributed by atoms with Crippen molar-refractivity contribution in [3.05, 3.63) is 34.1 Å². The van der Waals surface area contributed by atoms with Crippen LogP contribution in [0.5, 0.6) is 0 Å². The summed E-state index contributed by atoms with van der Waals surface area (Å²) in [6.07, 6.45) is 0. The van der Waals surface area contributed by atoms with Crippen molar-refractivity contribution in [1.29, 1.82) is 0 Å². The van der Waals surface area contributed by atoms with Gasteiger partial charge in [0.1, 0.15) is 5.82 Å². The third kappa shape index (κ3) is 3.54. The molecule has 1 aromatic rings. The normalized spacial score (nSPS) is 11.4. The van der Waals surface area contributed by atoms with Crippen LogP contribution in [0.2, 0.25) is 0 Å². The lowest BCUT2D eigenvalue weighted by molar-refractivity contribution is 0.218. The summed E-state index contributed by atoms with van der Waals surface area (Å²) in [5.74, 6) is -0.214. The van der Waals surface area contributed by atoms with Gasteiger partial charge >= 0.3 is 0 Å². The fourth-order valence-corrected chi connectivity index (χ4v) is 1.96. The summed E-state index contributed by atoms with van der Waals surface area (Å²) in [4.78, 5) is 2.22. The third-order valence-corrected chi connectivity index (χ3v) is 3.44. The number of halogens is 2. The minimum Gasteiger partial charge on any atom is -0.329 e. The first kappa shape index (κ1) is 13.6. The Bertz CT molecular complexity index is 342. The summed E-state index contributed by atoms with van der Waals surface area (Å²) < 4.78 is 13.9. The van der Waals surface area contributed by atoms with Crippen molar-refractivity contribution in [2.24, 2.45) is 5.73 Å². The Morgan fingerprint density at radius 3 is 2.69 bits per heavy atom. The van der Waals surface area contributed by atoms with Gasteiger partial charge in [0.05, 0.1) is 4.47 Å². The SMILES string of the molecule is CC(C)N(CCN)Cc1cccc(F)c1Br. The molecule has 0 saturated heterocycles. The maximum absolute atomic E-state index is 13.3. The van der Waals surface area contributed by atoms with Gasteiger partial charge in [-0.25, -0.2) is 4.39 Å². The van der Waals surface area contributed by atoms with Gasteiger partial charge in [0.25, 0.3) is 0 Å². The highest BCUT2D eigenvalue weighted by molar-refractivity contribution is 9.10. The Kier molecular flexibility index (Phi) is 5.38. The molecular weight excluding hydrogens is 271 g/mol. The van der Waals surface area contributed by atoms with Crippen molar-refractivity contribution in [2.45, 2.75) is 26.4 Å². The number of rotatable bonds is 5. The maximum Gasteiger partial charge on any atom is 0.137 e. The predicted molar refractivity (Wildman–Crippen MR) is 68.7 cm³/mol. The standard InChI is InChI=1S/C12H18BrFN2/c1-9(2)16(7-6-15)8-10-4-3-5-11(14)12(10)13/h3-5,9H,6-8,15H2,1-2H3. The average Bonchev–Trinajstić information content (AvgIpc) is 2.23. The second kappa shape index (κ2) is 6.33. The van der Waals surface area contributed by atoms with E-state index in [9.17, 15) is 4.39 Å². The van der Waals surface area contributed by atoms with E-state index >= 15 is 0 Å². The van der Waals surface area contributed by atoms with Gasteiger partial charge in [-0.2, -0.15) is 0 Å². The van der Waals surface area contributed by atoms with E-state index in [2.05, 4.69) is 34.7 Å². The van der Waals surface area contributed by atoms with Gasteiger partial charge in [-0.05, 0) is 41.4 Å². The van der Waals surface area contributed by atoms with E-state index in [1.54, 1.807) is 6.07 Å². The molecule has 0 unspecified atom stereocenters. The van der Waals surface area contributed by atoms with E-state index in [0.717, 1.165) is 12.1 Å². The average molecular weight is 289 g/mol. The Balaban J connectivity index is 2.81. The molecule has 2 nitrogen and oxygen atoms in total. The number of hydrogen-bond donors (Lipinski definition) is 1. The number of hydrogen-bond acceptors (Lipinski definition) is 2. The molecule has 0 fully saturated rings. The highest BCUT2D eigenvalue weighted by Crippen LogP contribution is 2.22. The van der Waals surface area contributed by atoms with Crippen molar-refractivity contribution in [3.63, 3.8) is 0 Å². The summed E-state index contributed by atoms with van der Waals surface area (Å²) in [5.41, 5.74) is 6.52. The first-order chi connectivity index (χ1) is 7.56. The van der Waals surface area contributed by atoms with Gasteiger partial charge in [0.2, 0.25) is 0 Å². The zero-order valence-electron chi connectivity index (χ0n) is 9.71. The Morgan fingerprint density at radius 1 is 1.44 bits per heavy atom. The molecule has 0 atom stereocenters. The van der Waals surface area contributed by atoms with E-state index in [0.29, 0.717) is 23.6 Å². The zero-order valence-corrected chi connectivity index (χ0v) is 11.3. The van der Waals surface area contributed by atoms with Crippen molar-refractivity contribution in [3.8, 4) is 0 Å². The van der Waals surface area contributed by atoms with Crippen LogP contribution in [0.3, 0.4) is 0 Å². The molecule has 0 saturated carbocycles. The van der Waals surface area contributed by atoms with Crippen LogP contribution in [0.4, 0.5) is 4.39 Å². The summed E-state index contributed by atoms with van der Waals surface area (Å²) >= 11 is 3.28. The van der Waals surface area contributed by atoms with Gasteiger partial charge in [0.15, 0.2) is 0 Å². The van der Waals surface area contributed by atoms with Crippen LogP contribution in [0, 0.1) is 5.82 Å². The molecule has 1 rings (SSSR count). The molecule has 0 heterocycles. The van der Waals surface area contributed by atoms with E-state index in [4.69, 9.17) is 5.73 Å². The number of benzene rings is 1. The highest BCUT2D eigenvalue weighted by atomic mass is 79.9. The second-order valence-electron chi connectivity index (χ2n) is 4.07. The van der Waals surface area contributed by atoms with E-state index in [1.165, 1.54) is 6.07 Å². The molecule has 4 heteroatoms. The number of nitrogens with zero attached hydrogens (tertiary/aromatic N) is 1. The van der Waals surface area contributed by atoms with Crippen LogP contribution in [0.1, 0.15) is 19.4 Å². The van der Waals surface area contributed by atoms with Crippen LogP contribution < -0.4 is 5.73 Å². The number of nitrogens with two attached hydrogens (primary N) is 1. The minimum absolute atomic E-state index is 0.214. The Hall–Kier alpha value is -0.450. The minimum atomic E-state index is -0.214. The molecule has 1 aromatic carbocycles. The van der Waals surface area contributed by atoms with Gasteiger partial charge in [-0.1, -0.05) is 12.1 Å². The summed E-state index contributed by atoms with van der Waals surface area (Å²) in [6.45, 7) is 6.38. The molecule has 0 bridgehead atoms. The second-order valence-corrected chi connectivity index (χ2v) is 4.86. The van der Waals surface area contributed by atoms with Crippen LogP contribution in [-0.4, -0.2) is 24.0 Å². The van der Waals surface area contributed by atoms with Crippen molar-refractivity contribution >= 4 is 15.9 Å². The highest BCUT2D eigenvalue weighted by Gasteiger charge is 2.12. The van der Waals surface area contributed by atoms with Gasteiger partial charge in [-0.15, -0.1) is 0 Å². The molecule has 90 valence electrons. The molecule has 0 spiro atoms. The van der Waals surface area contributed by atoms with E-state index in [1.807, 2.05) is 6.07 Å². The molecule has 0 aliphatic carbocycles. The van der Waals surface area contributed by atoms with Gasteiger partial charge in [0, 0.05) is 25.7 Å². The van der Waals surface area contributed by atoms with Gasteiger partial charge < -0.3 is 5.73 Å². The summed E-state index contributed by atoms with van der Waals surface area (Å²) in [7, 11) is 0. The van der Waals surface area contributed by atoms with E-state index < -0.39 is 0 Å². The quantitative estimate of drug-likeness (QED) is 0.903.